The van der Waals surface area contributed by atoms with Crippen molar-refractivity contribution in [1.29, 1.82) is 0 Å². The van der Waals surface area contributed by atoms with Gasteiger partial charge >= 0.3 is 6.09 Å². The number of carbonyl (C=O) groups excluding carboxylic acids is 2. The highest BCUT2D eigenvalue weighted by Gasteiger charge is 2.42. The summed E-state index contributed by atoms with van der Waals surface area (Å²) < 4.78 is 11.8. The van der Waals surface area contributed by atoms with E-state index in [0.717, 1.165) is 81.5 Å². The molecule has 5 aromatic rings. The van der Waals surface area contributed by atoms with Crippen LogP contribution in [-0.2, 0) is 27.1 Å². The summed E-state index contributed by atoms with van der Waals surface area (Å²) in [6, 6.07) is 32.8. The average Bonchev–Trinajstić information content (AvgIpc) is 3.92. The third-order valence-electron chi connectivity index (χ3n) is 12.7. The number of ether oxygens (including phenoxy) is 2. The van der Waals surface area contributed by atoms with Gasteiger partial charge in [0.05, 0.1) is 36.9 Å². The van der Waals surface area contributed by atoms with Crippen molar-refractivity contribution in [1.82, 2.24) is 20.1 Å². The van der Waals surface area contributed by atoms with Crippen LogP contribution in [0.1, 0.15) is 54.9 Å². The van der Waals surface area contributed by atoms with Crippen molar-refractivity contribution in [2.75, 3.05) is 64.3 Å². The Labute approximate surface area is 363 Å². The largest absolute Gasteiger partial charge is 0.506 e. The molecule has 4 atom stereocenters. The lowest BCUT2D eigenvalue weighted by molar-refractivity contribution is -0.132. The Balaban J connectivity index is 0.692. The molecule has 5 N–H and O–H groups in total. The summed E-state index contributed by atoms with van der Waals surface area (Å²) in [6.45, 7) is 6.12. The molecule has 1 aromatic heterocycles. The predicted molar refractivity (Wildman–Crippen MR) is 241 cm³/mol. The summed E-state index contributed by atoms with van der Waals surface area (Å²) in [5.74, 6) is 1.70. The molecule has 2 amide bonds. The van der Waals surface area contributed by atoms with Crippen LogP contribution >= 0.6 is 0 Å². The number of aliphatic hydroxyl groups excluding tert-OH is 1. The van der Waals surface area contributed by atoms with Gasteiger partial charge in [-0.15, -0.1) is 0 Å². The van der Waals surface area contributed by atoms with Gasteiger partial charge in [0.25, 0.3) is 0 Å². The van der Waals surface area contributed by atoms with E-state index in [1.807, 2.05) is 59.5 Å². The van der Waals surface area contributed by atoms with E-state index in [-0.39, 0.29) is 36.0 Å². The molecule has 4 aromatic carbocycles. The van der Waals surface area contributed by atoms with Crippen molar-refractivity contribution in [2.45, 2.75) is 57.2 Å². The van der Waals surface area contributed by atoms with E-state index in [2.05, 4.69) is 44.8 Å². The minimum Gasteiger partial charge on any atom is -0.506 e. The Morgan fingerprint density at radius 2 is 1.58 bits per heavy atom. The Hall–Kier alpha value is -5.53. The second kappa shape index (κ2) is 20.6. The molecular weight excluding hydrogens is 783 g/mol. The molecule has 62 heavy (non-hydrogen) atoms. The van der Waals surface area contributed by atoms with E-state index in [4.69, 9.17) is 9.47 Å². The van der Waals surface area contributed by atoms with Gasteiger partial charge in [-0.05, 0) is 96.7 Å². The van der Waals surface area contributed by atoms with Crippen LogP contribution in [0.3, 0.4) is 0 Å². The quantitative estimate of drug-likeness (QED) is 0.0526. The van der Waals surface area contributed by atoms with Crippen LogP contribution in [0.4, 0.5) is 10.5 Å². The number of phenols is 1. The highest BCUT2D eigenvalue weighted by atomic mass is 16.6. The van der Waals surface area contributed by atoms with Gasteiger partial charge < -0.3 is 39.8 Å². The molecular formula is C50H59N5O7. The Morgan fingerprint density at radius 1 is 0.855 bits per heavy atom. The van der Waals surface area contributed by atoms with Crippen LogP contribution in [0.15, 0.2) is 108 Å². The van der Waals surface area contributed by atoms with Crippen molar-refractivity contribution in [3.8, 4) is 16.9 Å². The number of pyridine rings is 1. The number of hydrogen-bond acceptors (Lipinski definition) is 9. The molecule has 2 aliphatic carbocycles. The third-order valence-corrected chi connectivity index (χ3v) is 12.7. The molecule has 326 valence electrons. The van der Waals surface area contributed by atoms with E-state index in [0.29, 0.717) is 66.9 Å². The van der Waals surface area contributed by atoms with Gasteiger partial charge in [0.2, 0.25) is 11.5 Å². The lowest BCUT2D eigenvalue weighted by Crippen LogP contribution is -2.39. The zero-order valence-corrected chi connectivity index (χ0v) is 35.3. The lowest BCUT2D eigenvalue weighted by Gasteiger charge is -2.23. The summed E-state index contributed by atoms with van der Waals surface area (Å²) in [4.78, 5) is 45.0. The SMILES string of the molecule is O=C(Nc1ccccc1-c1ccccc1)OC1C[C@@H]2CN(CCc3ccc(CCOCCC(=O)N(CCNC[C@H](O)c4ccc(O)c5[nH]c(=O)ccc45)CC4CC4)cc3)C[C@@H]2C1. The number of aromatic nitrogens is 1. The number of nitrogens with one attached hydrogen (secondary N) is 3. The fourth-order valence-corrected chi connectivity index (χ4v) is 9.18. The van der Waals surface area contributed by atoms with Gasteiger partial charge in [-0.25, -0.2) is 4.79 Å². The molecule has 0 spiro atoms. The number of para-hydroxylation sites is 1. The standard InChI is InChI=1S/C50H59N5O7/c56-45-18-16-42(43-17-19-47(58)53-49(43)45)46(57)30-51-23-25-55(31-36-14-15-36)48(59)22-27-61-26-21-35-12-10-34(11-13-35)20-24-54-32-38-28-40(29-39(38)33-54)62-50(60)52-44-9-5-4-8-41(44)37-6-2-1-3-7-37/h1-13,16-19,36,38-40,46,51,56-57H,14-15,20-33H2,(H,52,60)(H,53,58)/t38-,39+,40?,46-/m0/s1. The van der Waals surface area contributed by atoms with Gasteiger partial charge in [-0.1, -0.05) is 78.9 Å². The topological polar surface area (TPSA) is 156 Å². The number of fused-ring (bicyclic) bond motifs is 2. The number of aromatic hydroxyl groups is 1. The van der Waals surface area contributed by atoms with Gasteiger partial charge in [0.15, 0.2) is 0 Å². The summed E-state index contributed by atoms with van der Waals surface area (Å²) in [5.41, 5.74) is 5.90. The molecule has 3 fully saturated rings. The molecule has 12 heteroatoms. The van der Waals surface area contributed by atoms with Crippen LogP contribution in [0.5, 0.6) is 5.75 Å². The molecule has 0 bridgehead atoms. The Bertz CT molecular complexity index is 2320. The van der Waals surface area contributed by atoms with E-state index in [9.17, 15) is 24.6 Å². The van der Waals surface area contributed by atoms with Crippen molar-refractivity contribution in [3.63, 3.8) is 0 Å². The van der Waals surface area contributed by atoms with Crippen LogP contribution in [0, 0.1) is 17.8 Å². The fraction of sp³-hybridized carbons (Fsp3) is 0.420. The smallest absolute Gasteiger partial charge is 0.411 e. The predicted octanol–water partition coefficient (Wildman–Crippen LogP) is 6.91. The zero-order chi connectivity index (χ0) is 42.8. The molecule has 0 radical (unpaired) electrons. The molecule has 1 saturated heterocycles. The molecule has 12 nitrogen and oxygen atoms in total. The van der Waals surface area contributed by atoms with Gasteiger partial charge in [0.1, 0.15) is 11.9 Å². The maximum atomic E-state index is 13.2. The number of benzene rings is 4. The van der Waals surface area contributed by atoms with Crippen LogP contribution in [0.2, 0.25) is 0 Å². The molecule has 1 aliphatic heterocycles. The van der Waals surface area contributed by atoms with E-state index < -0.39 is 6.10 Å². The second-order valence-electron chi connectivity index (χ2n) is 17.3. The highest BCUT2D eigenvalue weighted by molar-refractivity contribution is 5.91. The monoisotopic (exact) mass is 841 g/mol. The molecule has 3 aliphatic rings. The summed E-state index contributed by atoms with van der Waals surface area (Å²) in [5, 5.41) is 27.9. The first-order chi connectivity index (χ1) is 30.3. The van der Waals surface area contributed by atoms with Crippen molar-refractivity contribution in [3.05, 3.63) is 130 Å². The number of rotatable bonds is 20. The fourth-order valence-electron chi connectivity index (χ4n) is 9.18. The molecule has 2 heterocycles. The lowest BCUT2D eigenvalue weighted by atomic mass is 10.0. The molecule has 2 saturated carbocycles. The van der Waals surface area contributed by atoms with E-state index in [1.54, 1.807) is 12.1 Å². The number of hydrogen-bond donors (Lipinski definition) is 5. The minimum atomic E-state index is -0.855. The number of amides is 2. The number of aromatic amines is 1. The van der Waals surface area contributed by atoms with Crippen molar-refractivity contribution in [2.24, 2.45) is 17.8 Å². The summed E-state index contributed by atoms with van der Waals surface area (Å²) in [6.07, 6.45) is 4.94. The number of H-pyrrole nitrogens is 1. The van der Waals surface area contributed by atoms with E-state index in [1.165, 1.54) is 23.3 Å². The van der Waals surface area contributed by atoms with Gasteiger partial charge in [-0.3, -0.25) is 14.9 Å². The third kappa shape index (κ3) is 11.5. The summed E-state index contributed by atoms with van der Waals surface area (Å²) in [7, 11) is 0. The second-order valence-corrected chi connectivity index (χ2v) is 17.3. The van der Waals surface area contributed by atoms with Crippen LogP contribution in [0.25, 0.3) is 22.0 Å². The number of nitrogens with zero attached hydrogens (tertiary/aromatic N) is 2. The first-order valence-corrected chi connectivity index (χ1v) is 22.3. The zero-order valence-electron chi connectivity index (χ0n) is 35.3. The van der Waals surface area contributed by atoms with E-state index >= 15 is 0 Å². The number of phenolic OH excluding ortho intramolecular Hbond substituents is 1. The Morgan fingerprint density at radius 3 is 2.34 bits per heavy atom. The van der Waals surface area contributed by atoms with Crippen LogP contribution in [-0.4, -0.2) is 102 Å². The number of anilines is 1. The molecule has 8 rings (SSSR count). The van der Waals surface area contributed by atoms with Gasteiger partial charge in [0, 0.05) is 62.8 Å². The van der Waals surface area contributed by atoms with Crippen molar-refractivity contribution >= 4 is 28.6 Å². The first-order valence-electron chi connectivity index (χ1n) is 22.3. The normalized spacial score (nSPS) is 19.0. The van der Waals surface area contributed by atoms with Crippen LogP contribution < -0.4 is 16.2 Å². The maximum absolute atomic E-state index is 13.2. The number of aliphatic hydroxyl groups is 1. The maximum Gasteiger partial charge on any atom is 0.411 e. The average molecular weight is 842 g/mol. The number of carbonyl (C=O) groups is 2. The number of likely N-dealkylation sites (tertiary alicyclic amines) is 1. The first kappa shape index (κ1) is 43.1. The molecule has 1 unspecified atom stereocenters. The summed E-state index contributed by atoms with van der Waals surface area (Å²) >= 11 is 0. The highest BCUT2D eigenvalue weighted by Crippen LogP contribution is 2.40. The Kier molecular flexibility index (Phi) is 14.3. The van der Waals surface area contributed by atoms with Gasteiger partial charge in [-0.2, -0.15) is 0 Å². The minimum absolute atomic E-state index is 0.0454. The van der Waals surface area contributed by atoms with Crippen molar-refractivity contribution < 1.29 is 29.3 Å².